The van der Waals surface area contributed by atoms with Gasteiger partial charge in [-0.25, -0.2) is 13.1 Å². The first-order valence-electron chi connectivity index (χ1n) is 10.3. The van der Waals surface area contributed by atoms with Crippen LogP contribution in [0, 0.1) is 0 Å². The first-order valence-corrected chi connectivity index (χ1v) is 11.8. The third kappa shape index (κ3) is 4.48. The van der Waals surface area contributed by atoms with E-state index in [9.17, 15) is 8.42 Å². The number of hydrogen-bond donors (Lipinski definition) is 2. The number of hydrogen-bond acceptors (Lipinski definition) is 5. The second kappa shape index (κ2) is 8.83. The minimum absolute atomic E-state index is 0.00302. The van der Waals surface area contributed by atoms with Gasteiger partial charge in [-0.15, -0.1) is 0 Å². The van der Waals surface area contributed by atoms with Gasteiger partial charge in [0.15, 0.2) is 0 Å². The van der Waals surface area contributed by atoms with Gasteiger partial charge in [-0.3, -0.25) is 4.90 Å². The second-order valence-corrected chi connectivity index (χ2v) is 9.47. The molecule has 0 aromatic heterocycles. The molecule has 6 nitrogen and oxygen atoms in total. The number of nitrogens with one attached hydrogen (secondary N) is 1. The van der Waals surface area contributed by atoms with E-state index in [1.807, 2.05) is 0 Å². The maximum absolute atomic E-state index is 12.2. The predicted octanol–water partition coefficient (Wildman–Crippen LogP) is 2.49. The summed E-state index contributed by atoms with van der Waals surface area (Å²) in [5.41, 5.74) is 2.56. The van der Waals surface area contributed by atoms with Crippen molar-refractivity contribution in [2.45, 2.75) is 42.7 Å². The number of aliphatic hydroxyl groups is 1. The molecule has 29 heavy (non-hydrogen) atoms. The molecule has 0 radical (unpaired) electrons. The topological polar surface area (TPSA) is 78.9 Å². The molecule has 7 heteroatoms. The average Bonchev–Trinajstić information content (AvgIpc) is 3.12. The smallest absolute Gasteiger partial charge is 0.240 e. The molecule has 0 saturated carbocycles. The number of ether oxygens (including phenoxy) is 1. The molecule has 1 heterocycles. The highest BCUT2D eigenvalue weighted by molar-refractivity contribution is 7.89. The second-order valence-electron chi connectivity index (χ2n) is 7.70. The summed E-state index contributed by atoms with van der Waals surface area (Å²) in [7, 11) is -3.62. The molecule has 2 aliphatic rings. The van der Waals surface area contributed by atoms with E-state index in [2.05, 4.69) is 33.9 Å². The van der Waals surface area contributed by atoms with E-state index < -0.39 is 10.0 Å². The zero-order chi connectivity index (χ0) is 20.3. The van der Waals surface area contributed by atoms with E-state index in [0.717, 1.165) is 19.5 Å². The van der Waals surface area contributed by atoms with Crippen molar-refractivity contribution in [1.82, 2.24) is 9.62 Å². The van der Waals surface area contributed by atoms with Crippen LogP contribution in [0.1, 0.15) is 36.5 Å². The molecule has 0 unspecified atom stereocenters. The van der Waals surface area contributed by atoms with Crippen LogP contribution in [0.5, 0.6) is 5.75 Å². The summed E-state index contributed by atoms with van der Waals surface area (Å²) in [6, 6.07) is 15.3. The number of sulfonamides is 1. The Kier molecular flexibility index (Phi) is 6.20. The standard InChI is InChI=1S/C22H28N2O4S/c25-15-12-23-29(26,27)19-10-8-18(9-11-19)28-22-20-7-3-2-6-17(20)16-21(22)24-13-4-1-5-14-24/h2-3,6-11,21-23,25H,1,4-5,12-16H2/t21-,22-/m0/s1. The molecule has 0 bridgehead atoms. The molecule has 2 N–H and O–H groups in total. The van der Waals surface area contributed by atoms with Crippen LogP contribution in [0.15, 0.2) is 53.4 Å². The number of nitrogens with zero attached hydrogens (tertiary/aromatic N) is 1. The molecule has 1 saturated heterocycles. The first-order chi connectivity index (χ1) is 14.1. The number of piperidine rings is 1. The van der Waals surface area contributed by atoms with Crippen LogP contribution in [0.25, 0.3) is 0 Å². The Morgan fingerprint density at radius 2 is 1.76 bits per heavy atom. The summed E-state index contributed by atoms with van der Waals surface area (Å²) in [5, 5.41) is 8.84. The lowest BCUT2D eigenvalue weighted by atomic mass is 10.0. The Hall–Kier alpha value is -1.93. The molecule has 0 amide bonds. The fourth-order valence-corrected chi connectivity index (χ4v) is 5.38. The average molecular weight is 417 g/mol. The molecule has 1 fully saturated rings. The third-order valence-corrected chi connectivity index (χ3v) is 7.28. The largest absolute Gasteiger partial charge is 0.484 e. The Morgan fingerprint density at radius 3 is 2.48 bits per heavy atom. The van der Waals surface area contributed by atoms with Crippen LogP contribution >= 0.6 is 0 Å². The molecular weight excluding hydrogens is 388 g/mol. The lowest BCUT2D eigenvalue weighted by Gasteiger charge is -2.35. The Balaban J connectivity index is 1.54. The highest BCUT2D eigenvalue weighted by Crippen LogP contribution is 2.39. The normalized spacial score (nSPS) is 22.4. The molecule has 1 aliphatic heterocycles. The van der Waals surface area contributed by atoms with Crippen molar-refractivity contribution in [3.63, 3.8) is 0 Å². The number of aliphatic hydroxyl groups excluding tert-OH is 1. The maximum Gasteiger partial charge on any atom is 0.240 e. The van der Waals surface area contributed by atoms with E-state index in [-0.39, 0.29) is 24.2 Å². The van der Waals surface area contributed by atoms with Crippen molar-refractivity contribution >= 4 is 10.0 Å². The van der Waals surface area contributed by atoms with E-state index in [0.29, 0.717) is 11.8 Å². The highest BCUT2D eigenvalue weighted by atomic mass is 32.2. The fourth-order valence-electron chi connectivity index (χ4n) is 4.36. The highest BCUT2D eigenvalue weighted by Gasteiger charge is 2.38. The van der Waals surface area contributed by atoms with Gasteiger partial charge in [0.05, 0.1) is 17.5 Å². The molecule has 1 aliphatic carbocycles. The van der Waals surface area contributed by atoms with Gasteiger partial charge in [0.25, 0.3) is 0 Å². The summed E-state index contributed by atoms with van der Waals surface area (Å²) >= 11 is 0. The summed E-state index contributed by atoms with van der Waals surface area (Å²) < 4.78 is 33.2. The van der Waals surface area contributed by atoms with Gasteiger partial charge in [0.2, 0.25) is 10.0 Å². The minimum Gasteiger partial charge on any atom is -0.484 e. The van der Waals surface area contributed by atoms with E-state index in [4.69, 9.17) is 9.84 Å². The SMILES string of the molecule is O=S(=O)(NCCO)c1ccc(O[C@H]2c3ccccc3C[C@@H]2N2CCCCC2)cc1. The van der Waals surface area contributed by atoms with Crippen molar-refractivity contribution in [3.8, 4) is 5.75 Å². The van der Waals surface area contributed by atoms with E-state index in [1.165, 1.54) is 30.4 Å². The van der Waals surface area contributed by atoms with Crippen molar-refractivity contribution in [2.24, 2.45) is 0 Å². The minimum atomic E-state index is -3.62. The van der Waals surface area contributed by atoms with Crippen LogP contribution in [-0.2, 0) is 16.4 Å². The summed E-state index contributed by atoms with van der Waals surface area (Å²) in [4.78, 5) is 2.71. The van der Waals surface area contributed by atoms with E-state index in [1.54, 1.807) is 24.3 Å². The number of benzene rings is 2. The fraction of sp³-hybridized carbons (Fsp3) is 0.455. The number of fused-ring (bicyclic) bond motifs is 1. The zero-order valence-corrected chi connectivity index (χ0v) is 17.3. The summed E-state index contributed by atoms with van der Waals surface area (Å²) in [6.07, 6.45) is 4.68. The van der Waals surface area contributed by atoms with Gasteiger partial charge in [-0.1, -0.05) is 30.7 Å². The van der Waals surface area contributed by atoms with Crippen LogP contribution in [-0.4, -0.2) is 50.7 Å². The van der Waals surface area contributed by atoms with E-state index >= 15 is 0 Å². The number of rotatable bonds is 7. The van der Waals surface area contributed by atoms with Crippen LogP contribution < -0.4 is 9.46 Å². The molecule has 0 spiro atoms. The van der Waals surface area contributed by atoms with Crippen LogP contribution in [0.4, 0.5) is 0 Å². The van der Waals surface area contributed by atoms with Gasteiger partial charge in [0.1, 0.15) is 11.9 Å². The molecule has 2 aromatic carbocycles. The zero-order valence-electron chi connectivity index (χ0n) is 16.5. The Bertz CT molecular complexity index is 924. The van der Waals surface area contributed by atoms with Crippen LogP contribution in [0.3, 0.4) is 0 Å². The third-order valence-electron chi connectivity index (χ3n) is 5.80. The van der Waals surface area contributed by atoms with Gasteiger partial charge < -0.3 is 9.84 Å². The lowest BCUT2D eigenvalue weighted by molar-refractivity contribution is 0.0647. The quantitative estimate of drug-likeness (QED) is 0.725. The first kappa shape index (κ1) is 20.3. The monoisotopic (exact) mass is 416 g/mol. The van der Waals surface area contributed by atoms with Gasteiger partial charge >= 0.3 is 0 Å². The van der Waals surface area contributed by atoms with Crippen molar-refractivity contribution in [1.29, 1.82) is 0 Å². The van der Waals surface area contributed by atoms with Gasteiger partial charge in [-0.2, -0.15) is 0 Å². The molecular formula is C22H28N2O4S. The Morgan fingerprint density at radius 1 is 1.03 bits per heavy atom. The van der Waals surface area contributed by atoms with Gasteiger partial charge in [0, 0.05) is 6.54 Å². The summed E-state index contributed by atoms with van der Waals surface area (Å²) in [5.74, 6) is 0.662. The molecule has 156 valence electrons. The maximum atomic E-state index is 12.2. The molecule has 2 aromatic rings. The van der Waals surface area contributed by atoms with Crippen molar-refractivity contribution in [2.75, 3.05) is 26.2 Å². The molecule has 2 atom stereocenters. The lowest BCUT2D eigenvalue weighted by Crippen LogP contribution is -2.43. The van der Waals surface area contributed by atoms with Crippen molar-refractivity contribution < 1.29 is 18.3 Å². The summed E-state index contributed by atoms with van der Waals surface area (Å²) in [6.45, 7) is 1.97. The van der Waals surface area contributed by atoms with Gasteiger partial charge in [-0.05, 0) is 67.7 Å². The van der Waals surface area contributed by atoms with Crippen LogP contribution in [0.2, 0.25) is 0 Å². The predicted molar refractivity (Wildman–Crippen MR) is 111 cm³/mol. The number of likely N-dealkylation sites (tertiary alicyclic amines) is 1. The molecule has 4 rings (SSSR count). The Labute approximate surface area is 172 Å². The van der Waals surface area contributed by atoms with Crippen molar-refractivity contribution in [3.05, 3.63) is 59.7 Å².